The van der Waals surface area contributed by atoms with Crippen molar-refractivity contribution >= 4 is 10.0 Å². The number of rotatable bonds is 4. The fraction of sp³-hybridized carbons (Fsp3) is 0.429. The van der Waals surface area contributed by atoms with Crippen LogP contribution in [0, 0.1) is 0 Å². The van der Waals surface area contributed by atoms with E-state index in [4.69, 9.17) is 0 Å². The average Bonchev–Trinajstić information content (AvgIpc) is 3.01. The maximum atomic E-state index is 12.8. The van der Waals surface area contributed by atoms with Crippen molar-refractivity contribution in [3.05, 3.63) is 42.7 Å². The van der Waals surface area contributed by atoms with Gasteiger partial charge in [0.1, 0.15) is 0 Å². The summed E-state index contributed by atoms with van der Waals surface area (Å²) in [5.74, 6) is 0. The molecule has 1 saturated heterocycles. The Hall–Kier alpha value is -1.73. The summed E-state index contributed by atoms with van der Waals surface area (Å²) in [5.41, 5.74) is 0. The maximum Gasteiger partial charge on any atom is 0.243 e. The van der Waals surface area contributed by atoms with Gasteiger partial charge in [-0.1, -0.05) is 29.8 Å². The zero-order chi connectivity index (χ0) is 14.7. The van der Waals surface area contributed by atoms with Crippen LogP contribution in [-0.4, -0.2) is 40.3 Å². The standard InChI is InChI=1S/C14H18N4O2S/c19-21(20,14-7-2-1-3-8-14)18-10-5-4-6-13(18)12-17-11-9-15-16-17/h1-3,7-9,11,13H,4-6,10,12H2/t13-/m1/s1. The highest BCUT2D eigenvalue weighted by Gasteiger charge is 2.33. The molecule has 1 aromatic heterocycles. The zero-order valence-corrected chi connectivity index (χ0v) is 12.5. The Balaban J connectivity index is 1.87. The lowest BCUT2D eigenvalue weighted by Gasteiger charge is -2.34. The van der Waals surface area contributed by atoms with Crippen molar-refractivity contribution in [3.8, 4) is 0 Å². The smallest absolute Gasteiger partial charge is 0.243 e. The summed E-state index contributed by atoms with van der Waals surface area (Å²) in [5, 5.41) is 7.72. The molecular weight excluding hydrogens is 288 g/mol. The Bertz CT molecular complexity index is 670. The molecule has 2 heterocycles. The highest BCUT2D eigenvalue weighted by atomic mass is 32.2. The molecule has 1 aliphatic heterocycles. The van der Waals surface area contributed by atoms with Crippen LogP contribution in [0.25, 0.3) is 0 Å². The molecule has 6 nitrogen and oxygen atoms in total. The summed E-state index contributed by atoms with van der Waals surface area (Å²) < 4.78 is 28.9. The van der Waals surface area contributed by atoms with Crippen molar-refractivity contribution in [2.45, 2.75) is 36.7 Å². The van der Waals surface area contributed by atoms with Crippen LogP contribution in [0.3, 0.4) is 0 Å². The molecule has 0 aliphatic carbocycles. The van der Waals surface area contributed by atoms with Gasteiger partial charge in [-0.15, -0.1) is 5.10 Å². The first kappa shape index (κ1) is 14.2. The van der Waals surface area contributed by atoms with Crippen LogP contribution >= 0.6 is 0 Å². The van der Waals surface area contributed by atoms with Crippen LogP contribution in [0.2, 0.25) is 0 Å². The largest absolute Gasteiger partial charge is 0.251 e. The summed E-state index contributed by atoms with van der Waals surface area (Å²) in [6, 6.07) is 8.56. The van der Waals surface area contributed by atoms with Gasteiger partial charge in [-0.3, -0.25) is 4.68 Å². The second kappa shape index (κ2) is 5.95. The number of piperidine rings is 1. The first-order valence-electron chi connectivity index (χ1n) is 7.09. The van der Waals surface area contributed by atoms with E-state index in [2.05, 4.69) is 10.3 Å². The zero-order valence-electron chi connectivity index (χ0n) is 11.7. The van der Waals surface area contributed by atoms with E-state index in [1.165, 1.54) is 0 Å². The number of sulfonamides is 1. The normalized spacial score (nSPS) is 20.5. The number of nitrogens with zero attached hydrogens (tertiary/aromatic N) is 4. The van der Waals surface area contributed by atoms with E-state index in [9.17, 15) is 8.42 Å². The summed E-state index contributed by atoms with van der Waals surface area (Å²) >= 11 is 0. The molecule has 0 unspecified atom stereocenters. The molecule has 0 bridgehead atoms. The summed E-state index contributed by atoms with van der Waals surface area (Å²) in [6.45, 7) is 1.11. The molecule has 1 atom stereocenters. The van der Waals surface area contributed by atoms with E-state index in [1.54, 1.807) is 45.6 Å². The van der Waals surface area contributed by atoms with E-state index < -0.39 is 10.0 Å². The number of aromatic nitrogens is 3. The molecule has 1 aromatic carbocycles. The Kier molecular flexibility index (Phi) is 4.03. The van der Waals surface area contributed by atoms with E-state index in [0.717, 1.165) is 19.3 Å². The average molecular weight is 306 g/mol. The van der Waals surface area contributed by atoms with Gasteiger partial charge in [-0.05, 0) is 25.0 Å². The number of benzene rings is 1. The van der Waals surface area contributed by atoms with Crippen LogP contribution in [0.4, 0.5) is 0 Å². The highest BCUT2D eigenvalue weighted by Crippen LogP contribution is 2.26. The molecule has 0 saturated carbocycles. The first-order chi connectivity index (χ1) is 10.2. The van der Waals surface area contributed by atoms with E-state index in [-0.39, 0.29) is 6.04 Å². The predicted molar refractivity (Wildman–Crippen MR) is 78.0 cm³/mol. The van der Waals surface area contributed by atoms with Crippen molar-refractivity contribution in [1.29, 1.82) is 0 Å². The third-order valence-corrected chi connectivity index (χ3v) is 5.76. The van der Waals surface area contributed by atoms with Crippen molar-refractivity contribution in [2.75, 3.05) is 6.54 Å². The minimum atomic E-state index is -3.44. The molecule has 0 radical (unpaired) electrons. The molecule has 3 rings (SSSR count). The Labute approximate surface area is 124 Å². The van der Waals surface area contributed by atoms with E-state index in [1.807, 2.05) is 6.07 Å². The van der Waals surface area contributed by atoms with Crippen LogP contribution < -0.4 is 0 Å². The minimum Gasteiger partial charge on any atom is -0.251 e. The Morgan fingerprint density at radius 3 is 2.71 bits per heavy atom. The first-order valence-corrected chi connectivity index (χ1v) is 8.53. The van der Waals surface area contributed by atoms with Crippen molar-refractivity contribution in [2.24, 2.45) is 0 Å². The van der Waals surface area contributed by atoms with Crippen molar-refractivity contribution in [3.63, 3.8) is 0 Å². The molecule has 1 aliphatic rings. The summed E-state index contributed by atoms with van der Waals surface area (Å²) in [4.78, 5) is 0.357. The quantitative estimate of drug-likeness (QED) is 0.859. The van der Waals surface area contributed by atoms with Gasteiger partial charge in [0.2, 0.25) is 10.0 Å². The SMILES string of the molecule is O=S(=O)(c1ccccc1)N1CCCC[C@@H]1Cn1ccnn1. The van der Waals surface area contributed by atoms with Gasteiger partial charge in [-0.25, -0.2) is 8.42 Å². The molecule has 112 valence electrons. The third-order valence-electron chi connectivity index (χ3n) is 3.79. The molecule has 21 heavy (non-hydrogen) atoms. The Morgan fingerprint density at radius 2 is 2.00 bits per heavy atom. The maximum absolute atomic E-state index is 12.8. The molecule has 1 fully saturated rings. The van der Waals surface area contributed by atoms with Gasteiger partial charge < -0.3 is 0 Å². The lowest BCUT2D eigenvalue weighted by molar-refractivity contribution is 0.223. The predicted octanol–water partition coefficient (Wildman–Crippen LogP) is 1.52. The lowest BCUT2D eigenvalue weighted by atomic mass is 10.1. The molecule has 7 heteroatoms. The monoisotopic (exact) mass is 306 g/mol. The fourth-order valence-electron chi connectivity index (χ4n) is 2.75. The lowest BCUT2D eigenvalue weighted by Crippen LogP contribution is -2.45. The van der Waals surface area contributed by atoms with Gasteiger partial charge in [-0.2, -0.15) is 4.31 Å². The second-order valence-corrected chi connectivity index (χ2v) is 7.09. The van der Waals surface area contributed by atoms with Gasteiger partial charge in [0.05, 0.1) is 17.6 Å². The fourth-order valence-corrected chi connectivity index (χ4v) is 4.45. The molecule has 0 amide bonds. The minimum absolute atomic E-state index is 0.0642. The van der Waals surface area contributed by atoms with Crippen LogP contribution in [0.15, 0.2) is 47.6 Å². The van der Waals surface area contributed by atoms with Crippen molar-refractivity contribution < 1.29 is 8.42 Å². The van der Waals surface area contributed by atoms with E-state index >= 15 is 0 Å². The van der Waals surface area contributed by atoms with Gasteiger partial charge >= 0.3 is 0 Å². The Morgan fingerprint density at radius 1 is 1.19 bits per heavy atom. The van der Waals surface area contributed by atoms with Gasteiger partial charge in [0, 0.05) is 18.8 Å². The molecule has 0 spiro atoms. The van der Waals surface area contributed by atoms with Crippen LogP contribution in [0.5, 0.6) is 0 Å². The second-order valence-electron chi connectivity index (χ2n) is 5.20. The molecular formula is C14H18N4O2S. The number of hydrogen-bond donors (Lipinski definition) is 0. The van der Waals surface area contributed by atoms with Gasteiger partial charge in [0.15, 0.2) is 0 Å². The van der Waals surface area contributed by atoms with Crippen LogP contribution in [-0.2, 0) is 16.6 Å². The molecule has 2 aromatic rings. The van der Waals surface area contributed by atoms with Gasteiger partial charge in [0.25, 0.3) is 0 Å². The highest BCUT2D eigenvalue weighted by molar-refractivity contribution is 7.89. The third kappa shape index (κ3) is 2.98. The topological polar surface area (TPSA) is 68.1 Å². The summed E-state index contributed by atoms with van der Waals surface area (Å²) in [6.07, 6.45) is 6.17. The number of hydrogen-bond acceptors (Lipinski definition) is 4. The van der Waals surface area contributed by atoms with Crippen molar-refractivity contribution in [1.82, 2.24) is 19.3 Å². The van der Waals surface area contributed by atoms with E-state index in [0.29, 0.717) is 18.0 Å². The molecule has 0 N–H and O–H groups in total. The summed E-state index contributed by atoms with van der Waals surface area (Å²) in [7, 11) is -3.44. The van der Waals surface area contributed by atoms with Crippen LogP contribution in [0.1, 0.15) is 19.3 Å².